The molecule has 0 spiro atoms. The molecule has 2 aliphatic carbocycles. The van der Waals surface area contributed by atoms with Crippen molar-refractivity contribution in [2.75, 3.05) is 4.90 Å². The summed E-state index contributed by atoms with van der Waals surface area (Å²) >= 11 is 0. The fourth-order valence-electron chi connectivity index (χ4n) is 11.6. The molecule has 0 saturated heterocycles. The van der Waals surface area contributed by atoms with Gasteiger partial charge in [-0.1, -0.05) is 202 Å². The highest BCUT2D eigenvalue weighted by Crippen LogP contribution is 2.61. The van der Waals surface area contributed by atoms with Gasteiger partial charge in [-0.2, -0.15) is 0 Å². The van der Waals surface area contributed by atoms with Crippen LogP contribution in [0.1, 0.15) is 47.2 Å². The molecule has 0 bridgehead atoms. The first-order valence-electron chi connectivity index (χ1n) is 23.0. The Labute approximate surface area is 385 Å². The first-order valence-corrected chi connectivity index (χ1v) is 23.0. The lowest BCUT2D eigenvalue weighted by molar-refractivity contribution is 0.648. The zero-order valence-electron chi connectivity index (χ0n) is 36.9. The lowest BCUT2D eigenvalue weighted by Crippen LogP contribution is -2.31. The van der Waals surface area contributed by atoms with Gasteiger partial charge in [-0.05, 0) is 121 Å². The van der Waals surface area contributed by atoms with Gasteiger partial charge < -0.3 is 9.32 Å². The predicted molar refractivity (Wildman–Crippen MR) is 274 cm³/mol. The fourth-order valence-corrected chi connectivity index (χ4v) is 11.6. The van der Waals surface area contributed by atoms with E-state index in [0.717, 1.165) is 66.8 Å². The molecule has 66 heavy (non-hydrogen) atoms. The minimum absolute atomic E-state index is 0.213. The van der Waals surface area contributed by atoms with Crippen molar-refractivity contribution in [2.45, 2.75) is 24.7 Å². The summed E-state index contributed by atoms with van der Waals surface area (Å²) in [6, 6.07) is 87.1. The van der Waals surface area contributed by atoms with Crippen molar-refractivity contribution in [3.05, 3.63) is 270 Å². The number of nitrogens with zero attached hydrogens (tertiary/aromatic N) is 1. The number of anilines is 3. The molecular weight excluding hydrogens is 799 g/mol. The molecule has 0 fully saturated rings. The Kier molecular flexibility index (Phi) is 8.51. The number of hydrogen-bond acceptors (Lipinski definition) is 2. The maximum absolute atomic E-state index is 7.34. The number of hydrogen-bond donors (Lipinski definition) is 0. The molecule has 312 valence electrons. The minimum Gasteiger partial charge on any atom is -0.456 e. The highest BCUT2D eigenvalue weighted by Gasteiger charge is 2.50. The summed E-state index contributed by atoms with van der Waals surface area (Å²) in [7, 11) is 0. The molecule has 10 aromatic carbocycles. The monoisotopic (exact) mass is 843 g/mol. The van der Waals surface area contributed by atoms with Crippen LogP contribution in [-0.4, -0.2) is 0 Å². The maximum atomic E-state index is 7.34. The maximum Gasteiger partial charge on any atom is 0.142 e. The van der Waals surface area contributed by atoms with Crippen LogP contribution in [-0.2, 0) is 10.8 Å². The number of fused-ring (bicyclic) bond motifs is 9. The van der Waals surface area contributed by atoms with E-state index in [1.807, 2.05) is 0 Å². The van der Waals surface area contributed by atoms with E-state index in [9.17, 15) is 0 Å². The van der Waals surface area contributed by atoms with Gasteiger partial charge in [0.2, 0.25) is 0 Å². The third kappa shape index (κ3) is 5.55. The minimum atomic E-state index is -0.777. The van der Waals surface area contributed by atoms with Crippen molar-refractivity contribution in [1.82, 2.24) is 0 Å². The normalized spacial score (nSPS) is 13.8. The van der Waals surface area contributed by atoms with E-state index < -0.39 is 5.41 Å². The lowest BCUT2D eigenvalue weighted by Gasteiger charge is -2.38. The molecular formula is C64H45NO. The zero-order chi connectivity index (χ0) is 44.0. The molecule has 0 radical (unpaired) electrons. The molecule has 0 saturated carbocycles. The van der Waals surface area contributed by atoms with Crippen LogP contribution in [0.25, 0.3) is 66.4 Å². The van der Waals surface area contributed by atoms with Crippen molar-refractivity contribution < 1.29 is 4.42 Å². The summed E-state index contributed by atoms with van der Waals surface area (Å²) in [4.78, 5) is 2.54. The summed E-state index contributed by atoms with van der Waals surface area (Å²) in [6.07, 6.45) is 0. The Hall–Kier alpha value is -8.20. The number of benzene rings is 10. The summed E-state index contributed by atoms with van der Waals surface area (Å²) in [5.74, 6) is 0. The van der Waals surface area contributed by atoms with Crippen molar-refractivity contribution in [3.8, 4) is 44.5 Å². The molecule has 0 aliphatic heterocycles. The molecule has 11 aromatic rings. The smallest absolute Gasteiger partial charge is 0.142 e. The average Bonchev–Trinajstić information content (AvgIpc) is 3.98. The van der Waals surface area contributed by atoms with Crippen LogP contribution in [0.4, 0.5) is 17.1 Å². The van der Waals surface area contributed by atoms with Crippen molar-refractivity contribution >= 4 is 39.0 Å². The van der Waals surface area contributed by atoms with E-state index in [4.69, 9.17) is 4.42 Å². The number of furan rings is 1. The Balaban J connectivity index is 1.21. The van der Waals surface area contributed by atoms with Gasteiger partial charge in [0.15, 0.2) is 0 Å². The molecule has 2 aliphatic rings. The molecule has 0 N–H and O–H groups in total. The Morgan fingerprint density at radius 2 is 0.879 bits per heavy atom. The quantitative estimate of drug-likeness (QED) is 0.159. The molecule has 1 aromatic heterocycles. The topological polar surface area (TPSA) is 16.4 Å². The van der Waals surface area contributed by atoms with Crippen LogP contribution in [0, 0.1) is 0 Å². The van der Waals surface area contributed by atoms with Gasteiger partial charge in [0, 0.05) is 33.1 Å². The van der Waals surface area contributed by atoms with Crippen molar-refractivity contribution in [1.29, 1.82) is 0 Å². The molecule has 1 heterocycles. The fraction of sp³-hybridized carbons (Fsp3) is 0.0625. The molecule has 0 unspecified atom stereocenters. The second kappa shape index (κ2) is 14.7. The van der Waals surface area contributed by atoms with Crippen LogP contribution in [0.5, 0.6) is 0 Å². The third-order valence-corrected chi connectivity index (χ3v) is 14.5. The SMILES string of the molecule is CC1(C)c2ccccc2-c2ccc(N(c3cc(-c4ccccc4)cc(-c4ccccc4)c3)c3ccc4c(oc5ccccc54)c3C3(c4ccccc4)c4ccccc4-c4ccccc43)cc21. The van der Waals surface area contributed by atoms with E-state index in [2.05, 4.69) is 255 Å². The summed E-state index contributed by atoms with van der Waals surface area (Å²) in [5, 5.41) is 2.19. The van der Waals surface area contributed by atoms with Crippen molar-refractivity contribution in [3.63, 3.8) is 0 Å². The van der Waals surface area contributed by atoms with Crippen LogP contribution in [0.15, 0.2) is 241 Å². The summed E-state index contributed by atoms with van der Waals surface area (Å²) in [6.45, 7) is 4.75. The highest BCUT2D eigenvalue weighted by molar-refractivity contribution is 6.10. The number of para-hydroxylation sites is 1. The molecule has 13 rings (SSSR count). The van der Waals surface area contributed by atoms with Gasteiger partial charge in [-0.3, -0.25) is 0 Å². The van der Waals surface area contributed by atoms with Crippen LogP contribution in [0.3, 0.4) is 0 Å². The van der Waals surface area contributed by atoms with Crippen LogP contribution < -0.4 is 4.90 Å². The zero-order valence-corrected chi connectivity index (χ0v) is 36.9. The average molecular weight is 844 g/mol. The Morgan fingerprint density at radius 1 is 0.364 bits per heavy atom. The molecule has 2 nitrogen and oxygen atoms in total. The van der Waals surface area contributed by atoms with Crippen LogP contribution in [0.2, 0.25) is 0 Å². The molecule has 2 heteroatoms. The van der Waals surface area contributed by atoms with E-state index in [0.29, 0.717) is 0 Å². The van der Waals surface area contributed by atoms with Gasteiger partial charge in [-0.25, -0.2) is 0 Å². The van der Waals surface area contributed by atoms with Gasteiger partial charge >= 0.3 is 0 Å². The van der Waals surface area contributed by atoms with E-state index in [1.165, 1.54) is 50.1 Å². The third-order valence-electron chi connectivity index (χ3n) is 14.5. The van der Waals surface area contributed by atoms with E-state index in [-0.39, 0.29) is 5.41 Å². The lowest BCUT2D eigenvalue weighted by atomic mass is 9.66. The summed E-state index contributed by atoms with van der Waals surface area (Å²) < 4.78 is 7.34. The first-order chi connectivity index (χ1) is 32.5. The second-order valence-corrected chi connectivity index (χ2v) is 18.4. The Bertz CT molecular complexity index is 3570. The number of rotatable bonds is 7. The van der Waals surface area contributed by atoms with Gasteiger partial charge in [0.05, 0.1) is 11.1 Å². The van der Waals surface area contributed by atoms with Crippen LogP contribution >= 0.6 is 0 Å². The largest absolute Gasteiger partial charge is 0.456 e. The van der Waals surface area contributed by atoms with E-state index >= 15 is 0 Å². The van der Waals surface area contributed by atoms with Crippen molar-refractivity contribution in [2.24, 2.45) is 0 Å². The molecule has 0 atom stereocenters. The van der Waals surface area contributed by atoms with Gasteiger partial charge in [0.25, 0.3) is 0 Å². The Morgan fingerprint density at radius 3 is 1.52 bits per heavy atom. The van der Waals surface area contributed by atoms with Gasteiger partial charge in [0.1, 0.15) is 11.2 Å². The second-order valence-electron chi connectivity index (χ2n) is 18.4. The van der Waals surface area contributed by atoms with E-state index in [1.54, 1.807) is 0 Å². The standard InChI is InChI=1S/C64H45NO/c1-63(2)55-30-16-12-26-49(55)52-35-34-47(41-58(52)63)65(48-39-44(42-20-6-3-7-21-42)38-45(40-48)43-22-8-4-9-23-43)59-37-36-54-53-29-15-19-33-60(53)66-62(54)61(59)64(46-24-10-5-11-25-46)56-31-17-13-27-50(56)51-28-14-18-32-57(51)64/h3-41H,1-2H3. The first kappa shape index (κ1) is 38.3. The highest BCUT2D eigenvalue weighted by atomic mass is 16.3. The summed E-state index contributed by atoms with van der Waals surface area (Å²) in [5.41, 5.74) is 21.1. The molecule has 0 amide bonds. The predicted octanol–water partition coefficient (Wildman–Crippen LogP) is 17.1. The van der Waals surface area contributed by atoms with Gasteiger partial charge in [-0.15, -0.1) is 0 Å².